The highest BCUT2D eigenvalue weighted by atomic mass is 32.1. The number of benzene rings is 1. The number of nitrogens with one attached hydrogen (secondary N) is 1. The van der Waals surface area contributed by atoms with Crippen molar-refractivity contribution < 1.29 is 4.74 Å². The van der Waals surface area contributed by atoms with Crippen LogP contribution in [-0.4, -0.2) is 22.4 Å². The number of nitrogens with zero attached hydrogens (tertiary/aromatic N) is 3. The van der Waals surface area contributed by atoms with E-state index in [9.17, 15) is 4.79 Å². The number of hydrogen-bond donors (Lipinski definition) is 1. The molecule has 6 nitrogen and oxygen atoms in total. The Kier molecular flexibility index (Phi) is 4.24. The average Bonchev–Trinajstić information content (AvgIpc) is 3.20. The maximum absolute atomic E-state index is 13.4. The average molecular weight is 368 g/mol. The largest absolute Gasteiger partial charge is 0.497 e. The Hall–Kier alpha value is -2.67. The highest BCUT2D eigenvalue weighted by molar-refractivity contribution is 7.18. The molecule has 0 spiro atoms. The van der Waals surface area contributed by atoms with Crippen LogP contribution in [0.1, 0.15) is 30.7 Å². The molecular formula is C19H20N4O2S. The highest BCUT2D eigenvalue weighted by Gasteiger charge is 2.23. The molecule has 7 heteroatoms. The van der Waals surface area contributed by atoms with Crippen LogP contribution in [0.3, 0.4) is 0 Å². The summed E-state index contributed by atoms with van der Waals surface area (Å²) >= 11 is 1.63. The van der Waals surface area contributed by atoms with Gasteiger partial charge in [-0.2, -0.15) is 5.10 Å². The zero-order valence-electron chi connectivity index (χ0n) is 15.0. The fourth-order valence-corrected chi connectivity index (χ4v) is 4.50. The topological polar surface area (TPSA) is 68.5 Å². The summed E-state index contributed by atoms with van der Waals surface area (Å²) in [5, 5.41) is 5.00. The lowest BCUT2D eigenvalue weighted by Crippen LogP contribution is -2.23. The van der Waals surface area contributed by atoms with Crippen LogP contribution in [0.15, 0.2) is 34.2 Å². The number of anilines is 1. The number of hydrazone groups is 1. The van der Waals surface area contributed by atoms with E-state index in [1.807, 2.05) is 38.1 Å². The van der Waals surface area contributed by atoms with Gasteiger partial charge in [0.15, 0.2) is 0 Å². The van der Waals surface area contributed by atoms with Crippen molar-refractivity contribution in [3.63, 3.8) is 0 Å². The minimum atomic E-state index is -0.0500. The maximum Gasteiger partial charge on any atom is 0.268 e. The van der Waals surface area contributed by atoms with E-state index in [-0.39, 0.29) is 5.56 Å². The molecule has 26 heavy (non-hydrogen) atoms. The third kappa shape index (κ3) is 2.78. The molecule has 2 aromatic heterocycles. The van der Waals surface area contributed by atoms with Gasteiger partial charge in [-0.3, -0.25) is 4.79 Å². The minimum absolute atomic E-state index is 0.0500. The van der Waals surface area contributed by atoms with Crippen LogP contribution in [0.25, 0.3) is 15.9 Å². The molecule has 1 aromatic carbocycles. The molecule has 4 rings (SSSR count). The second-order valence-corrected chi connectivity index (χ2v) is 7.57. The molecule has 0 radical (unpaired) electrons. The quantitative estimate of drug-likeness (QED) is 0.562. The molecule has 1 N–H and O–H groups in total. The van der Waals surface area contributed by atoms with Gasteiger partial charge in [0.2, 0.25) is 5.95 Å². The SMILES string of the molecule is COc1ccc(-n2c(NN=C(C)C)nc3sc4c(c3c2=O)CCC4)cc1. The van der Waals surface area contributed by atoms with Crippen molar-refractivity contribution in [2.24, 2.45) is 5.10 Å². The van der Waals surface area contributed by atoms with E-state index < -0.39 is 0 Å². The van der Waals surface area contributed by atoms with E-state index in [1.165, 1.54) is 10.4 Å². The smallest absolute Gasteiger partial charge is 0.268 e. The molecule has 1 aliphatic rings. The molecule has 3 aromatic rings. The molecule has 0 saturated heterocycles. The number of rotatable bonds is 4. The number of hydrogen-bond acceptors (Lipinski definition) is 6. The Morgan fingerprint density at radius 2 is 2.04 bits per heavy atom. The van der Waals surface area contributed by atoms with Crippen LogP contribution in [0.4, 0.5) is 5.95 Å². The van der Waals surface area contributed by atoms with Gasteiger partial charge in [-0.15, -0.1) is 11.3 Å². The summed E-state index contributed by atoms with van der Waals surface area (Å²) in [6.45, 7) is 3.78. The number of ether oxygens (including phenoxy) is 1. The standard InChI is InChI=1S/C19H20N4O2S/c1-11(2)21-22-19-20-17-16(14-5-4-6-15(14)26-17)18(24)23(19)12-7-9-13(25-3)10-8-12/h7-10H,4-6H2,1-3H3,(H,20,22). The Morgan fingerprint density at radius 3 is 2.73 bits per heavy atom. The van der Waals surface area contributed by atoms with Crippen molar-refractivity contribution in [3.8, 4) is 11.4 Å². The third-order valence-corrected chi connectivity index (χ3v) is 5.63. The number of fused-ring (bicyclic) bond motifs is 3. The Labute approximate surface area is 155 Å². The van der Waals surface area contributed by atoms with Crippen LogP contribution in [-0.2, 0) is 12.8 Å². The molecule has 2 heterocycles. The molecule has 0 fully saturated rings. The molecule has 0 saturated carbocycles. The van der Waals surface area contributed by atoms with E-state index >= 15 is 0 Å². The van der Waals surface area contributed by atoms with Gasteiger partial charge in [0, 0.05) is 10.6 Å². The van der Waals surface area contributed by atoms with Crippen molar-refractivity contribution in [1.29, 1.82) is 0 Å². The predicted molar refractivity (Wildman–Crippen MR) is 106 cm³/mol. The van der Waals surface area contributed by atoms with Crippen molar-refractivity contribution in [1.82, 2.24) is 9.55 Å². The van der Waals surface area contributed by atoms with E-state index in [0.29, 0.717) is 5.95 Å². The molecular weight excluding hydrogens is 348 g/mol. The first-order valence-corrected chi connectivity index (χ1v) is 9.38. The first kappa shape index (κ1) is 16.8. The van der Waals surface area contributed by atoms with Crippen molar-refractivity contribution in [3.05, 3.63) is 45.1 Å². The van der Waals surface area contributed by atoms with Gasteiger partial charge in [-0.1, -0.05) is 0 Å². The fraction of sp³-hybridized carbons (Fsp3) is 0.316. The monoisotopic (exact) mass is 368 g/mol. The summed E-state index contributed by atoms with van der Waals surface area (Å²) in [5.41, 5.74) is 5.66. The number of methoxy groups -OCH3 is 1. The Morgan fingerprint density at radius 1 is 1.27 bits per heavy atom. The van der Waals surface area contributed by atoms with Crippen molar-refractivity contribution in [2.75, 3.05) is 12.5 Å². The van der Waals surface area contributed by atoms with Gasteiger partial charge < -0.3 is 4.74 Å². The van der Waals surface area contributed by atoms with Gasteiger partial charge in [0.1, 0.15) is 10.6 Å². The summed E-state index contributed by atoms with van der Waals surface area (Å²) < 4.78 is 6.82. The molecule has 0 aliphatic heterocycles. The lowest BCUT2D eigenvalue weighted by Gasteiger charge is -2.12. The van der Waals surface area contributed by atoms with Gasteiger partial charge >= 0.3 is 0 Å². The van der Waals surface area contributed by atoms with Gasteiger partial charge in [-0.05, 0) is 62.9 Å². The summed E-state index contributed by atoms with van der Waals surface area (Å²) in [6, 6.07) is 7.38. The van der Waals surface area contributed by atoms with Crippen molar-refractivity contribution >= 4 is 33.2 Å². The molecule has 0 unspecified atom stereocenters. The van der Waals surface area contributed by atoms with Crippen LogP contribution in [0.5, 0.6) is 5.75 Å². The lowest BCUT2D eigenvalue weighted by molar-refractivity contribution is 0.414. The molecule has 1 aliphatic carbocycles. The second kappa shape index (κ2) is 6.57. The van der Waals surface area contributed by atoms with Crippen molar-refractivity contribution in [2.45, 2.75) is 33.1 Å². The normalized spacial score (nSPS) is 12.9. The van der Waals surface area contributed by atoms with E-state index in [0.717, 1.165) is 46.6 Å². The van der Waals surface area contributed by atoms with E-state index in [4.69, 9.17) is 9.72 Å². The second-order valence-electron chi connectivity index (χ2n) is 6.48. The van der Waals surface area contributed by atoms with Gasteiger partial charge in [0.05, 0.1) is 18.2 Å². The fourth-order valence-electron chi connectivity index (χ4n) is 3.25. The molecule has 0 atom stereocenters. The molecule has 0 bridgehead atoms. The van der Waals surface area contributed by atoms with Crippen LogP contribution >= 0.6 is 11.3 Å². The van der Waals surface area contributed by atoms with Gasteiger partial charge in [-0.25, -0.2) is 15.0 Å². The highest BCUT2D eigenvalue weighted by Crippen LogP contribution is 2.35. The van der Waals surface area contributed by atoms with E-state index in [1.54, 1.807) is 23.0 Å². The predicted octanol–water partition coefficient (Wildman–Crippen LogP) is 3.75. The first-order valence-electron chi connectivity index (χ1n) is 8.57. The molecule has 134 valence electrons. The Balaban J connectivity index is 1.97. The summed E-state index contributed by atoms with van der Waals surface area (Å²) in [6.07, 6.45) is 3.10. The van der Waals surface area contributed by atoms with E-state index in [2.05, 4.69) is 10.5 Å². The van der Waals surface area contributed by atoms with Gasteiger partial charge in [0.25, 0.3) is 5.56 Å². The summed E-state index contributed by atoms with van der Waals surface area (Å²) in [4.78, 5) is 20.2. The van der Waals surface area contributed by atoms with Crippen LogP contribution in [0.2, 0.25) is 0 Å². The number of aromatic nitrogens is 2. The van der Waals surface area contributed by atoms with Crippen LogP contribution < -0.4 is 15.7 Å². The summed E-state index contributed by atoms with van der Waals surface area (Å²) in [7, 11) is 1.62. The Bertz CT molecular complexity index is 1060. The third-order valence-electron chi connectivity index (χ3n) is 4.45. The van der Waals surface area contributed by atoms with Crippen LogP contribution in [0, 0.1) is 0 Å². The lowest BCUT2D eigenvalue weighted by atomic mass is 10.2. The molecule has 0 amide bonds. The minimum Gasteiger partial charge on any atom is -0.497 e. The zero-order valence-corrected chi connectivity index (χ0v) is 15.8. The number of aryl methyl sites for hydroxylation is 2. The maximum atomic E-state index is 13.4. The summed E-state index contributed by atoms with van der Waals surface area (Å²) in [5.74, 6) is 1.16. The zero-order chi connectivity index (χ0) is 18.3. The first-order chi connectivity index (χ1) is 12.6. The number of thiophene rings is 1.